The van der Waals surface area contributed by atoms with E-state index < -0.39 is 5.97 Å². The van der Waals surface area contributed by atoms with Crippen LogP contribution in [0.5, 0.6) is 0 Å². The Morgan fingerprint density at radius 2 is 1.64 bits per heavy atom. The van der Waals surface area contributed by atoms with Gasteiger partial charge >= 0.3 is 5.97 Å². The topological polar surface area (TPSA) is 66.4 Å². The van der Waals surface area contributed by atoms with Crippen molar-refractivity contribution in [3.05, 3.63) is 64.7 Å². The summed E-state index contributed by atoms with van der Waals surface area (Å²) < 4.78 is 0. The molecule has 1 aliphatic rings. The summed E-state index contributed by atoms with van der Waals surface area (Å²) in [4.78, 5) is 23.7. The normalized spacial score (nSPS) is 13.3. The maximum atomic E-state index is 12.5. The first-order chi connectivity index (χ1) is 10.7. The highest BCUT2D eigenvalue weighted by Gasteiger charge is 2.18. The average molecular weight is 295 g/mol. The van der Waals surface area contributed by atoms with Crippen molar-refractivity contribution in [2.45, 2.75) is 25.7 Å². The van der Waals surface area contributed by atoms with Crippen molar-refractivity contribution in [1.82, 2.24) is 0 Å². The van der Waals surface area contributed by atoms with Crippen LogP contribution in [0.2, 0.25) is 0 Å². The maximum Gasteiger partial charge on any atom is 0.336 e. The second kappa shape index (κ2) is 6.02. The van der Waals surface area contributed by atoms with Crippen LogP contribution in [-0.4, -0.2) is 17.0 Å². The van der Waals surface area contributed by atoms with Crippen molar-refractivity contribution >= 4 is 17.6 Å². The number of rotatable bonds is 3. The molecule has 0 radical (unpaired) electrons. The van der Waals surface area contributed by atoms with Crippen molar-refractivity contribution in [3.63, 3.8) is 0 Å². The zero-order valence-corrected chi connectivity index (χ0v) is 12.1. The van der Waals surface area contributed by atoms with Crippen molar-refractivity contribution in [2.24, 2.45) is 0 Å². The lowest BCUT2D eigenvalue weighted by Gasteiger charge is -2.19. The molecule has 1 aliphatic carbocycles. The SMILES string of the molecule is O=C(O)c1ccccc1C(=O)Nc1cccc2c1CCCC2. The minimum absolute atomic E-state index is 0.0183. The summed E-state index contributed by atoms with van der Waals surface area (Å²) in [5, 5.41) is 12.1. The zero-order chi connectivity index (χ0) is 15.5. The fraction of sp³-hybridized carbons (Fsp3) is 0.222. The van der Waals surface area contributed by atoms with Crippen LogP contribution in [0.25, 0.3) is 0 Å². The monoisotopic (exact) mass is 295 g/mol. The molecule has 3 rings (SSSR count). The number of aromatic carboxylic acids is 1. The number of fused-ring (bicyclic) bond motifs is 1. The second-order valence-corrected chi connectivity index (χ2v) is 5.46. The van der Waals surface area contributed by atoms with Gasteiger partial charge in [-0.15, -0.1) is 0 Å². The molecule has 0 bridgehead atoms. The Morgan fingerprint density at radius 3 is 2.41 bits per heavy atom. The smallest absolute Gasteiger partial charge is 0.336 e. The van der Waals surface area contributed by atoms with Crippen LogP contribution in [0.1, 0.15) is 44.7 Å². The summed E-state index contributed by atoms with van der Waals surface area (Å²) in [5.41, 5.74) is 3.45. The number of nitrogens with one attached hydrogen (secondary N) is 1. The van der Waals surface area contributed by atoms with Crippen LogP contribution in [0.15, 0.2) is 42.5 Å². The first-order valence-corrected chi connectivity index (χ1v) is 7.41. The lowest BCUT2D eigenvalue weighted by Crippen LogP contribution is -2.18. The highest BCUT2D eigenvalue weighted by molar-refractivity contribution is 6.10. The Labute approximate surface area is 128 Å². The van der Waals surface area contributed by atoms with Gasteiger partial charge in [0.05, 0.1) is 11.1 Å². The van der Waals surface area contributed by atoms with E-state index >= 15 is 0 Å². The molecule has 0 aliphatic heterocycles. The zero-order valence-electron chi connectivity index (χ0n) is 12.1. The molecule has 0 aromatic heterocycles. The van der Waals surface area contributed by atoms with Gasteiger partial charge in [0.1, 0.15) is 0 Å². The van der Waals surface area contributed by atoms with E-state index in [-0.39, 0.29) is 17.0 Å². The molecule has 4 nitrogen and oxygen atoms in total. The average Bonchev–Trinajstić information content (AvgIpc) is 2.55. The van der Waals surface area contributed by atoms with Gasteiger partial charge in [-0.2, -0.15) is 0 Å². The molecule has 1 amide bonds. The predicted molar refractivity (Wildman–Crippen MR) is 84.4 cm³/mol. The first-order valence-electron chi connectivity index (χ1n) is 7.41. The van der Waals surface area contributed by atoms with E-state index in [0.29, 0.717) is 0 Å². The van der Waals surface area contributed by atoms with E-state index in [1.54, 1.807) is 12.1 Å². The number of carbonyl (C=O) groups excluding carboxylic acids is 1. The Hall–Kier alpha value is -2.62. The number of benzene rings is 2. The Bertz CT molecular complexity index is 737. The summed E-state index contributed by atoms with van der Waals surface area (Å²) in [6.07, 6.45) is 4.27. The van der Waals surface area contributed by atoms with E-state index in [9.17, 15) is 14.7 Å². The summed E-state index contributed by atoms with van der Waals surface area (Å²) in [5.74, 6) is -1.47. The largest absolute Gasteiger partial charge is 0.478 e. The number of carboxylic acid groups (broad SMARTS) is 1. The van der Waals surface area contributed by atoms with Crippen LogP contribution in [0.4, 0.5) is 5.69 Å². The van der Waals surface area contributed by atoms with Crippen LogP contribution in [0.3, 0.4) is 0 Å². The molecule has 0 saturated heterocycles. The number of carboxylic acids is 1. The molecule has 0 spiro atoms. The Morgan fingerprint density at radius 1 is 0.909 bits per heavy atom. The summed E-state index contributed by atoms with van der Waals surface area (Å²) >= 11 is 0. The summed E-state index contributed by atoms with van der Waals surface area (Å²) in [6.45, 7) is 0. The van der Waals surface area contributed by atoms with Gasteiger partial charge in [-0.3, -0.25) is 4.79 Å². The third-order valence-electron chi connectivity index (χ3n) is 4.05. The first kappa shape index (κ1) is 14.3. The van der Waals surface area contributed by atoms with Gasteiger partial charge in [0.2, 0.25) is 0 Å². The van der Waals surface area contributed by atoms with Crippen LogP contribution in [-0.2, 0) is 12.8 Å². The molecule has 0 unspecified atom stereocenters. The molecule has 0 fully saturated rings. The van der Waals surface area contributed by atoms with Gasteiger partial charge in [-0.25, -0.2) is 4.79 Å². The number of hydrogen-bond donors (Lipinski definition) is 2. The van der Waals surface area contributed by atoms with Crippen LogP contribution < -0.4 is 5.32 Å². The predicted octanol–water partition coefficient (Wildman–Crippen LogP) is 3.52. The van der Waals surface area contributed by atoms with E-state index in [2.05, 4.69) is 11.4 Å². The standard InChI is InChI=1S/C18H17NO3/c20-17(14-9-3-4-10-15(14)18(21)22)19-16-11-5-7-12-6-1-2-8-13(12)16/h3-5,7,9-11H,1-2,6,8H2,(H,19,20)(H,21,22). The molecule has 22 heavy (non-hydrogen) atoms. The molecule has 4 heteroatoms. The summed E-state index contributed by atoms with van der Waals surface area (Å²) in [6, 6.07) is 12.2. The fourth-order valence-corrected chi connectivity index (χ4v) is 2.96. The minimum atomic E-state index is -1.10. The van der Waals surface area contributed by atoms with E-state index in [1.165, 1.54) is 29.7 Å². The highest BCUT2D eigenvalue weighted by Crippen LogP contribution is 2.28. The van der Waals surface area contributed by atoms with Crippen molar-refractivity contribution in [2.75, 3.05) is 5.32 Å². The third-order valence-corrected chi connectivity index (χ3v) is 4.05. The third kappa shape index (κ3) is 2.72. The van der Waals surface area contributed by atoms with Gasteiger partial charge in [0.15, 0.2) is 0 Å². The maximum absolute atomic E-state index is 12.5. The molecule has 0 saturated carbocycles. The van der Waals surface area contributed by atoms with Crippen molar-refractivity contribution in [1.29, 1.82) is 0 Å². The van der Waals surface area contributed by atoms with Gasteiger partial charge in [0, 0.05) is 5.69 Å². The molecule has 0 atom stereocenters. The van der Waals surface area contributed by atoms with Gasteiger partial charge < -0.3 is 10.4 Å². The van der Waals surface area contributed by atoms with Crippen molar-refractivity contribution < 1.29 is 14.7 Å². The van der Waals surface area contributed by atoms with E-state index in [1.807, 2.05) is 12.1 Å². The summed E-state index contributed by atoms with van der Waals surface area (Å²) in [7, 11) is 0. The molecule has 2 aromatic carbocycles. The molecule has 2 N–H and O–H groups in total. The van der Waals surface area contributed by atoms with Crippen LogP contribution in [0, 0.1) is 0 Å². The van der Waals surface area contributed by atoms with Crippen LogP contribution >= 0.6 is 0 Å². The van der Waals surface area contributed by atoms with Crippen molar-refractivity contribution in [3.8, 4) is 0 Å². The number of aryl methyl sites for hydroxylation is 1. The Balaban J connectivity index is 1.91. The van der Waals surface area contributed by atoms with Gasteiger partial charge in [-0.05, 0) is 55.0 Å². The molecular weight excluding hydrogens is 278 g/mol. The lowest BCUT2D eigenvalue weighted by molar-refractivity contribution is 0.0692. The number of carbonyl (C=O) groups is 2. The Kier molecular flexibility index (Phi) is 3.92. The quantitative estimate of drug-likeness (QED) is 0.910. The number of hydrogen-bond acceptors (Lipinski definition) is 2. The van der Waals surface area contributed by atoms with Gasteiger partial charge in [0.25, 0.3) is 5.91 Å². The van der Waals surface area contributed by atoms with E-state index in [4.69, 9.17) is 0 Å². The van der Waals surface area contributed by atoms with E-state index in [0.717, 1.165) is 24.9 Å². The minimum Gasteiger partial charge on any atom is -0.478 e. The van der Waals surface area contributed by atoms with Gasteiger partial charge in [-0.1, -0.05) is 24.3 Å². The lowest BCUT2D eigenvalue weighted by atomic mass is 9.90. The molecule has 2 aromatic rings. The fourth-order valence-electron chi connectivity index (χ4n) is 2.96. The number of amides is 1. The molecule has 0 heterocycles. The molecule has 112 valence electrons. The number of anilines is 1. The highest BCUT2D eigenvalue weighted by atomic mass is 16.4. The second-order valence-electron chi connectivity index (χ2n) is 5.46. The molecular formula is C18H17NO3.